The molecule has 1 N–H and O–H groups in total. The summed E-state index contributed by atoms with van der Waals surface area (Å²) in [6, 6.07) is 3.89. The molecule has 2 heterocycles. The van der Waals surface area contributed by atoms with Crippen LogP contribution in [0.5, 0.6) is 5.88 Å². The fourth-order valence-electron chi connectivity index (χ4n) is 2.47. The lowest BCUT2D eigenvalue weighted by molar-refractivity contribution is 0.179. The second-order valence-electron chi connectivity index (χ2n) is 6.14. The van der Waals surface area contributed by atoms with Crippen LogP contribution in [-0.4, -0.2) is 47.9 Å². The van der Waals surface area contributed by atoms with E-state index < -0.39 is 0 Å². The van der Waals surface area contributed by atoms with Crippen LogP contribution in [0.15, 0.2) is 12.1 Å². The second-order valence-corrected chi connectivity index (χ2v) is 6.14. The fraction of sp³-hybridized carbons (Fsp3) is 0.750. The van der Waals surface area contributed by atoms with Crippen molar-refractivity contribution < 1.29 is 4.74 Å². The van der Waals surface area contributed by atoms with Crippen molar-refractivity contribution in [2.45, 2.75) is 39.7 Å². The number of ether oxygens (including phenoxy) is 1. The van der Waals surface area contributed by atoms with E-state index in [4.69, 9.17) is 4.74 Å². The average molecular weight is 292 g/mol. The number of rotatable bonds is 8. The van der Waals surface area contributed by atoms with Gasteiger partial charge in [0.05, 0.1) is 5.69 Å². The van der Waals surface area contributed by atoms with Crippen LogP contribution in [0.25, 0.3) is 0 Å². The summed E-state index contributed by atoms with van der Waals surface area (Å²) in [6.07, 6.45) is 4.00. The van der Waals surface area contributed by atoms with E-state index in [9.17, 15) is 0 Å². The Kier molecular flexibility index (Phi) is 6.89. The Hall–Kier alpha value is -1.20. The maximum absolute atomic E-state index is 5.67. The molecule has 0 saturated carbocycles. The minimum absolute atomic E-state index is 0.625. The molecule has 118 valence electrons. The Bertz CT molecular complexity index is 388. The highest BCUT2D eigenvalue weighted by molar-refractivity contribution is 5.11. The van der Waals surface area contributed by atoms with Crippen LogP contribution in [0.4, 0.5) is 0 Å². The van der Waals surface area contributed by atoms with Gasteiger partial charge in [0.2, 0.25) is 5.88 Å². The molecule has 0 spiro atoms. The van der Waals surface area contributed by atoms with Crippen molar-refractivity contribution in [3.8, 4) is 5.88 Å². The van der Waals surface area contributed by atoms with Crippen molar-refractivity contribution in [1.82, 2.24) is 20.4 Å². The van der Waals surface area contributed by atoms with Gasteiger partial charge in [-0.2, -0.15) is 5.10 Å². The number of likely N-dealkylation sites (tertiary alicyclic amines) is 1. The van der Waals surface area contributed by atoms with Gasteiger partial charge in [-0.15, -0.1) is 5.10 Å². The third-order valence-corrected chi connectivity index (χ3v) is 3.66. The van der Waals surface area contributed by atoms with Gasteiger partial charge < -0.3 is 10.1 Å². The highest BCUT2D eigenvalue weighted by Gasteiger charge is 2.09. The molecule has 1 aromatic heterocycles. The number of piperidine rings is 1. The first-order chi connectivity index (χ1) is 10.2. The van der Waals surface area contributed by atoms with E-state index in [-0.39, 0.29) is 0 Å². The van der Waals surface area contributed by atoms with Gasteiger partial charge in [0, 0.05) is 19.2 Å². The van der Waals surface area contributed by atoms with Crippen LogP contribution < -0.4 is 10.1 Å². The van der Waals surface area contributed by atoms with Crippen molar-refractivity contribution >= 4 is 0 Å². The SMILES string of the molecule is CC(C)CNCc1ccc(OCCN2CCCCC2)nn1. The summed E-state index contributed by atoms with van der Waals surface area (Å²) < 4.78 is 5.67. The van der Waals surface area contributed by atoms with Gasteiger partial charge in [-0.1, -0.05) is 20.3 Å². The summed E-state index contributed by atoms with van der Waals surface area (Å²) in [4.78, 5) is 2.46. The van der Waals surface area contributed by atoms with Gasteiger partial charge >= 0.3 is 0 Å². The summed E-state index contributed by atoms with van der Waals surface area (Å²) in [5, 5.41) is 11.7. The van der Waals surface area contributed by atoms with Gasteiger partial charge in [0.1, 0.15) is 6.61 Å². The van der Waals surface area contributed by atoms with E-state index in [1.54, 1.807) is 0 Å². The van der Waals surface area contributed by atoms with Crippen molar-refractivity contribution in [1.29, 1.82) is 0 Å². The molecule has 0 radical (unpaired) electrons. The third-order valence-electron chi connectivity index (χ3n) is 3.66. The largest absolute Gasteiger partial charge is 0.475 e. The Labute approximate surface area is 128 Å². The highest BCUT2D eigenvalue weighted by Crippen LogP contribution is 2.09. The Balaban J connectivity index is 1.64. The first kappa shape index (κ1) is 16.2. The molecule has 0 unspecified atom stereocenters. The predicted molar refractivity (Wildman–Crippen MR) is 84.4 cm³/mol. The van der Waals surface area contributed by atoms with Crippen LogP contribution in [0.3, 0.4) is 0 Å². The van der Waals surface area contributed by atoms with Crippen LogP contribution in [-0.2, 0) is 6.54 Å². The third kappa shape index (κ3) is 6.40. The topological polar surface area (TPSA) is 50.3 Å². The zero-order chi connectivity index (χ0) is 14.9. The molecule has 0 aliphatic carbocycles. The van der Waals surface area contributed by atoms with E-state index in [1.165, 1.54) is 32.4 Å². The molecule has 1 fully saturated rings. The number of hydrogen-bond donors (Lipinski definition) is 1. The molecule has 2 rings (SSSR count). The van der Waals surface area contributed by atoms with Crippen LogP contribution in [0.2, 0.25) is 0 Å². The minimum atomic E-state index is 0.625. The van der Waals surface area contributed by atoms with Crippen molar-refractivity contribution in [2.24, 2.45) is 5.92 Å². The van der Waals surface area contributed by atoms with Gasteiger partial charge in [-0.25, -0.2) is 0 Å². The lowest BCUT2D eigenvalue weighted by Gasteiger charge is -2.25. The number of hydrogen-bond acceptors (Lipinski definition) is 5. The molecule has 21 heavy (non-hydrogen) atoms. The molecule has 0 atom stereocenters. The van der Waals surface area contributed by atoms with Gasteiger partial charge in [-0.3, -0.25) is 4.90 Å². The lowest BCUT2D eigenvalue weighted by Crippen LogP contribution is -2.33. The van der Waals surface area contributed by atoms with Gasteiger partial charge in [0.25, 0.3) is 0 Å². The van der Waals surface area contributed by atoms with Crippen molar-refractivity contribution in [2.75, 3.05) is 32.8 Å². The maximum Gasteiger partial charge on any atom is 0.233 e. The Morgan fingerprint density at radius 1 is 1.19 bits per heavy atom. The normalized spacial score (nSPS) is 16.3. The molecule has 1 aliphatic heterocycles. The van der Waals surface area contributed by atoms with E-state index >= 15 is 0 Å². The minimum Gasteiger partial charge on any atom is -0.475 e. The summed E-state index contributed by atoms with van der Waals surface area (Å²) in [7, 11) is 0. The van der Waals surface area contributed by atoms with Gasteiger partial charge in [0.15, 0.2) is 0 Å². The fourth-order valence-corrected chi connectivity index (χ4v) is 2.47. The van der Waals surface area contributed by atoms with E-state index in [1.807, 2.05) is 12.1 Å². The number of nitrogens with one attached hydrogen (secondary N) is 1. The number of nitrogens with zero attached hydrogens (tertiary/aromatic N) is 3. The Morgan fingerprint density at radius 2 is 2.00 bits per heavy atom. The first-order valence-corrected chi connectivity index (χ1v) is 8.12. The van der Waals surface area contributed by atoms with E-state index in [2.05, 4.69) is 34.3 Å². The zero-order valence-electron chi connectivity index (χ0n) is 13.3. The van der Waals surface area contributed by atoms with E-state index in [0.29, 0.717) is 18.4 Å². The molecular weight excluding hydrogens is 264 g/mol. The summed E-state index contributed by atoms with van der Waals surface area (Å²) in [5.74, 6) is 1.27. The molecule has 1 aromatic rings. The molecule has 5 heteroatoms. The first-order valence-electron chi connectivity index (χ1n) is 8.12. The summed E-state index contributed by atoms with van der Waals surface area (Å²) >= 11 is 0. The molecule has 0 aromatic carbocycles. The smallest absolute Gasteiger partial charge is 0.233 e. The molecule has 5 nitrogen and oxygen atoms in total. The van der Waals surface area contributed by atoms with Gasteiger partial charge in [-0.05, 0) is 44.5 Å². The summed E-state index contributed by atoms with van der Waals surface area (Å²) in [6.45, 7) is 10.2. The molecule has 0 amide bonds. The highest BCUT2D eigenvalue weighted by atomic mass is 16.5. The molecule has 1 saturated heterocycles. The zero-order valence-corrected chi connectivity index (χ0v) is 13.3. The standard InChI is InChI=1S/C16H28N4O/c1-14(2)12-17-13-15-6-7-16(19-18-15)21-11-10-20-8-4-3-5-9-20/h6-7,14,17H,3-5,8-13H2,1-2H3. The molecule has 0 bridgehead atoms. The maximum atomic E-state index is 5.67. The van der Waals surface area contributed by atoms with Crippen molar-refractivity contribution in [3.05, 3.63) is 17.8 Å². The van der Waals surface area contributed by atoms with Crippen LogP contribution in [0.1, 0.15) is 38.8 Å². The number of aromatic nitrogens is 2. The Morgan fingerprint density at radius 3 is 2.67 bits per heavy atom. The molecular formula is C16H28N4O. The quantitative estimate of drug-likeness (QED) is 0.795. The van der Waals surface area contributed by atoms with E-state index in [0.717, 1.165) is 25.3 Å². The summed E-state index contributed by atoms with van der Waals surface area (Å²) in [5.41, 5.74) is 0.957. The van der Waals surface area contributed by atoms with Crippen LogP contribution >= 0.6 is 0 Å². The monoisotopic (exact) mass is 292 g/mol. The van der Waals surface area contributed by atoms with Crippen molar-refractivity contribution in [3.63, 3.8) is 0 Å². The second kappa shape index (κ2) is 8.95. The predicted octanol–water partition coefficient (Wildman–Crippen LogP) is 2.09. The molecule has 1 aliphatic rings. The lowest BCUT2D eigenvalue weighted by atomic mass is 10.1. The average Bonchev–Trinajstić information content (AvgIpc) is 2.50. The van der Waals surface area contributed by atoms with Crippen LogP contribution in [0, 0.1) is 5.92 Å².